The number of likely N-dealkylation sites (tertiary alicyclic amines) is 1. The van der Waals surface area contributed by atoms with E-state index in [2.05, 4.69) is 27.3 Å². The van der Waals surface area contributed by atoms with Crippen LogP contribution < -0.4 is 10.1 Å². The molecule has 4 nitrogen and oxygen atoms in total. The Labute approximate surface area is 131 Å². The molecule has 1 aromatic heterocycles. The molecule has 0 saturated carbocycles. The summed E-state index contributed by atoms with van der Waals surface area (Å²) in [7, 11) is 1.74. The van der Waals surface area contributed by atoms with Crippen molar-refractivity contribution in [3.63, 3.8) is 0 Å². The van der Waals surface area contributed by atoms with Crippen LogP contribution in [0.4, 0.5) is 0 Å². The van der Waals surface area contributed by atoms with Gasteiger partial charge in [-0.2, -0.15) is 0 Å². The number of hydrogen-bond acceptors (Lipinski definition) is 3. The molecule has 0 radical (unpaired) electrons. The van der Waals surface area contributed by atoms with Crippen LogP contribution in [0.2, 0.25) is 0 Å². The number of nitrogens with zero attached hydrogens (tertiary/aromatic N) is 1. The third kappa shape index (κ3) is 2.50. The lowest BCUT2D eigenvalue weighted by atomic mass is 9.97. The maximum absolute atomic E-state index is 5.39. The lowest BCUT2D eigenvalue weighted by molar-refractivity contribution is 0.305. The number of aromatic nitrogens is 1. The summed E-state index contributed by atoms with van der Waals surface area (Å²) < 4.78 is 5.39. The Morgan fingerprint density at radius 3 is 2.95 bits per heavy atom. The van der Waals surface area contributed by atoms with E-state index in [4.69, 9.17) is 4.74 Å². The number of aromatic amines is 1. The monoisotopic (exact) mass is 299 g/mol. The minimum Gasteiger partial charge on any atom is -0.497 e. The smallest absolute Gasteiger partial charge is 0.119 e. The van der Waals surface area contributed by atoms with Gasteiger partial charge < -0.3 is 19.9 Å². The van der Waals surface area contributed by atoms with Gasteiger partial charge in [-0.15, -0.1) is 0 Å². The predicted octanol–water partition coefficient (Wildman–Crippen LogP) is 2.85. The SMILES string of the molecule is COc1ccc2[nH]c3c(c2c1)CCN[C@H]3CCN1CCCC1. The van der Waals surface area contributed by atoms with E-state index in [9.17, 15) is 0 Å². The summed E-state index contributed by atoms with van der Waals surface area (Å²) in [5.41, 5.74) is 4.12. The fourth-order valence-corrected chi connectivity index (χ4v) is 3.98. The van der Waals surface area contributed by atoms with Crippen LogP contribution in [0.5, 0.6) is 5.75 Å². The van der Waals surface area contributed by atoms with Crippen LogP contribution in [0.25, 0.3) is 10.9 Å². The number of methoxy groups -OCH3 is 1. The van der Waals surface area contributed by atoms with Gasteiger partial charge in [0.05, 0.1) is 7.11 Å². The van der Waals surface area contributed by atoms with Crippen LogP contribution in [0, 0.1) is 0 Å². The van der Waals surface area contributed by atoms with E-state index >= 15 is 0 Å². The van der Waals surface area contributed by atoms with E-state index in [-0.39, 0.29) is 0 Å². The summed E-state index contributed by atoms with van der Waals surface area (Å²) in [6.45, 7) is 4.84. The third-order valence-electron chi connectivity index (χ3n) is 5.19. The molecule has 118 valence electrons. The van der Waals surface area contributed by atoms with Crippen molar-refractivity contribution in [1.29, 1.82) is 0 Å². The number of H-pyrrole nitrogens is 1. The quantitative estimate of drug-likeness (QED) is 0.912. The second-order valence-electron chi connectivity index (χ2n) is 6.52. The zero-order chi connectivity index (χ0) is 14.9. The molecular formula is C18H25N3O. The summed E-state index contributed by atoms with van der Waals surface area (Å²) in [6, 6.07) is 6.82. The Morgan fingerprint density at radius 1 is 1.27 bits per heavy atom. The number of nitrogens with one attached hydrogen (secondary N) is 2. The highest BCUT2D eigenvalue weighted by atomic mass is 16.5. The Bertz CT molecular complexity index is 658. The average Bonchev–Trinajstić information content (AvgIpc) is 3.19. The van der Waals surface area contributed by atoms with Crippen molar-refractivity contribution in [3.05, 3.63) is 29.5 Å². The number of rotatable bonds is 4. The molecule has 4 heteroatoms. The van der Waals surface area contributed by atoms with Gasteiger partial charge in [0.25, 0.3) is 0 Å². The zero-order valence-corrected chi connectivity index (χ0v) is 13.3. The fraction of sp³-hybridized carbons (Fsp3) is 0.556. The zero-order valence-electron chi connectivity index (χ0n) is 13.3. The molecule has 3 heterocycles. The maximum Gasteiger partial charge on any atom is 0.119 e. The third-order valence-corrected chi connectivity index (χ3v) is 5.19. The molecule has 22 heavy (non-hydrogen) atoms. The molecule has 0 aliphatic carbocycles. The molecule has 0 unspecified atom stereocenters. The summed E-state index contributed by atoms with van der Waals surface area (Å²) >= 11 is 0. The molecule has 0 amide bonds. The van der Waals surface area contributed by atoms with Gasteiger partial charge in [-0.1, -0.05) is 0 Å². The van der Waals surface area contributed by atoms with Crippen molar-refractivity contribution in [2.45, 2.75) is 31.7 Å². The van der Waals surface area contributed by atoms with Crippen LogP contribution in [-0.2, 0) is 6.42 Å². The van der Waals surface area contributed by atoms with Crippen LogP contribution in [0.15, 0.2) is 18.2 Å². The molecule has 2 N–H and O–H groups in total. The molecule has 1 atom stereocenters. The summed E-state index contributed by atoms with van der Waals surface area (Å²) in [5.74, 6) is 0.946. The first kappa shape index (κ1) is 14.1. The molecular weight excluding hydrogens is 274 g/mol. The Balaban J connectivity index is 1.59. The van der Waals surface area contributed by atoms with E-state index in [1.165, 1.54) is 61.1 Å². The minimum absolute atomic E-state index is 0.461. The van der Waals surface area contributed by atoms with Gasteiger partial charge in [-0.25, -0.2) is 0 Å². The van der Waals surface area contributed by atoms with Gasteiger partial charge >= 0.3 is 0 Å². The average molecular weight is 299 g/mol. The standard InChI is InChI=1S/C18H25N3O/c1-22-13-4-5-16-15(12-13)14-6-8-19-17(18(14)20-16)7-11-21-9-2-3-10-21/h4-5,12,17,19-20H,2-3,6-11H2,1H3/t17-/m0/s1. The van der Waals surface area contributed by atoms with E-state index in [1.54, 1.807) is 7.11 Å². The number of fused-ring (bicyclic) bond motifs is 3. The molecule has 1 aromatic carbocycles. The molecule has 4 rings (SSSR count). The molecule has 2 aliphatic heterocycles. The highest BCUT2D eigenvalue weighted by molar-refractivity contribution is 5.86. The van der Waals surface area contributed by atoms with Gasteiger partial charge in [-0.3, -0.25) is 0 Å². The van der Waals surface area contributed by atoms with E-state index in [0.29, 0.717) is 6.04 Å². The largest absolute Gasteiger partial charge is 0.497 e. The Morgan fingerprint density at radius 2 is 2.14 bits per heavy atom. The van der Waals surface area contributed by atoms with Crippen molar-refractivity contribution in [2.24, 2.45) is 0 Å². The van der Waals surface area contributed by atoms with Crippen LogP contribution in [-0.4, -0.2) is 43.2 Å². The first-order chi connectivity index (χ1) is 10.8. The first-order valence-electron chi connectivity index (χ1n) is 8.49. The highest BCUT2D eigenvalue weighted by Crippen LogP contribution is 2.33. The van der Waals surface area contributed by atoms with Gasteiger partial charge in [0.2, 0.25) is 0 Å². The van der Waals surface area contributed by atoms with E-state index < -0.39 is 0 Å². The molecule has 0 bridgehead atoms. The van der Waals surface area contributed by atoms with E-state index in [1.807, 2.05) is 6.07 Å². The number of hydrogen-bond donors (Lipinski definition) is 2. The van der Waals surface area contributed by atoms with Crippen molar-refractivity contribution >= 4 is 10.9 Å². The Hall–Kier alpha value is -1.52. The summed E-state index contributed by atoms with van der Waals surface area (Å²) in [6.07, 6.45) is 5.03. The van der Waals surface area contributed by atoms with Crippen molar-refractivity contribution in [3.8, 4) is 5.75 Å². The second-order valence-corrected chi connectivity index (χ2v) is 6.52. The van der Waals surface area contributed by atoms with Crippen LogP contribution in [0.3, 0.4) is 0 Å². The second kappa shape index (κ2) is 5.94. The fourth-order valence-electron chi connectivity index (χ4n) is 3.98. The molecule has 0 spiro atoms. The van der Waals surface area contributed by atoms with Gasteiger partial charge in [0.1, 0.15) is 5.75 Å². The van der Waals surface area contributed by atoms with Gasteiger partial charge in [-0.05, 0) is 75.6 Å². The minimum atomic E-state index is 0.461. The van der Waals surface area contributed by atoms with E-state index in [0.717, 1.165) is 18.7 Å². The highest BCUT2D eigenvalue weighted by Gasteiger charge is 2.24. The Kier molecular flexibility index (Phi) is 3.80. The lowest BCUT2D eigenvalue weighted by Gasteiger charge is -2.26. The van der Waals surface area contributed by atoms with Crippen molar-refractivity contribution < 1.29 is 4.74 Å². The number of benzene rings is 1. The molecule has 1 fully saturated rings. The first-order valence-corrected chi connectivity index (χ1v) is 8.49. The predicted molar refractivity (Wildman–Crippen MR) is 89.6 cm³/mol. The topological polar surface area (TPSA) is 40.3 Å². The normalized spacial score (nSPS) is 22.1. The summed E-state index contributed by atoms with van der Waals surface area (Å²) in [4.78, 5) is 6.26. The van der Waals surface area contributed by atoms with Crippen LogP contribution in [0.1, 0.15) is 36.6 Å². The van der Waals surface area contributed by atoms with Crippen molar-refractivity contribution in [2.75, 3.05) is 33.3 Å². The number of ether oxygens (including phenoxy) is 1. The van der Waals surface area contributed by atoms with Gasteiger partial charge in [0.15, 0.2) is 0 Å². The summed E-state index contributed by atoms with van der Waals surface area (Å²) in [5, 5.41) is 5.03. The molecule has 2 aromatic rings. The maximum atomic E-state index is 5.39. The van der Waals surface area contributed by atoms with Crippen molar-refractivity contribution in [1.82, 2.24) is 15.2 Å². The molecule has 1 saturated heterocycles. The lowest BCUT2D eigenvalue weighted by Crippen LogP contribution is -2.33. The molecule has 2 aliphatic rings. The van der Waals surface area contributed by atoms with Gasteiger partial charge in [0, 0.05) is 22.6 Å². The van der Waals surface area contributed by atoms with Crippen LogP contribution >= 0.6 is 0 Å².